The molecule has 3 atom stereocenters. The van der Waals surface area contributed by atoms with Gasteiger partial charge in [0.2, 0.25) is 5.91 Å². The van der Waals surface area contributed by atoms with Gasteiger partial charge in [-0.1, -0.05) is 18.6 Å². The molecular weight excluding hydrogens is 240 g/mol. The SMILES string of the molecule is NC(=O)c1ccccc1NC(=O)[C@@H]1C[C@H]2CC[C@@H]1C2. The van der Waals surface area contributed by atoms with Gasteiger partial charge in [0.05, 0.1) is 11.3 Å². The third-order valence-corrected chi connectivity index (χ3v) is 4.53. The van der Waals surface area contributed by atoms with Crippen molar-refractivity contribution in [2.45, 2.75) is 25.7 Å². The molecule has 2 bridgehead atoms. The average molecular weight is 258 g/mol. The van der Waals surface area contributed by atoms with Crippen molar-refractivity contribution in [3.8, 4) is 0 Å². The lowest BCUT2D eigenvalue weighted by molar-refractivity contribution is -0.121. The van der Waals surface area contributed by atoms with Crippen LogP contribution in [0.4, 0.5) is 5.69 Å². The molecule has 3 N–H and O–H groups in total. The Kier molecular flexibility index (Phi) is 3.01. The van der Waals surface area contributed by atoms with Gasteiger partial charge >= 0.3 is 0 Å². The highest BCUT2D eigenvalue weighted by atomic mass is 16.2. The molecular formula is C15H18N2O2. The molecule has 4 heteroatoms. The number of hydrogen-bond acceptors (Lipinski definition) is 2. The summed E-state index contributed by atoms with van der Waals surface area (Å²) in [5.41, 5.74) is 6.22. The van der Waals surface area contributed by atoms with Crippen LogP contribution in [0.2, 0.25) is 0 Å². The zero-order chi connectivity index (χ0) is 13.4. The highest BCUT2D eigenvalue weighted by Gasteiger charge is 2.43. The fourth-order valence-electron chi connectivity index (χ4n) is 3.60. The molecule has 0 unspecified atom stereocenters. The van der Waals surface area contributed by atoms with E-state index in [4.69, 9.17) is 5.73 Å². The van der Waals surface area contributed by atoms with Crippen molar-refractivity contribution >= 4 is 17.5 Å². The largest absolute Gasteiger partial charge is 0.366 e. The maximum Gasteiger partial charge on any atom is 0.250 e. The summed E-state index contributed by atoms with van der Waals surface area (Å²) < 4.78 is 0. The van der Waals surface area contributed by atoms with Crippen molar-refractivity contribution in [3.05, 3.63) is 29.8 Å². The molecule has 2 aliphatic rings. The summed E-state index contributed by atoms with van der Waals surface area (Å²) in [6.07, 6.45) is 4.62. The Hall–Kier alpha value is -1.84. The van der Waals surface area contributed by atoms with E-state index in [0.717, 1.165) is 12.3 Å². The van der Waals surface area contributed by atoms with Gasteiger partial charge in [0.15, 0.2) is 0 Å². The molecule has 2 amide bonds. The Morgan fingerprint density at radius 3 is 2.58 bits per heavy atom. The number of carbonyl (C=O) groups is 2. The number of nitrogens with one attached hydrogen (secondary N) is 1. The van der Waals surface area contributed by atoms with E-state index in [1.807, 2.05) is 0 Å². The minimum absolute atomic E-state index is 0.0425. The number of para-hydroxylation sites is 1. The Balaban J connectivity index is 1.75. The maximum absolute atomic E-state index is 12.3. The van der Waals surface area contributed by atoms with Gasteiger partial charge in [0.25, 0.3) is 5.91 Å². The highest BCUT2D eigenvalue weighted by molar-refractivity contribution is 6.03. The van der Waals surface area contributed by atoms with E-state index in [0.29, 0.717) is 17.2 Å². The lowest BCUT2D eigenvalue weighted by Gasteiger charge is -2.21. The lowest BCUT2D eigenvalue weighted by Crippen LogP contribution is -2.28. The van der Waals surface area contributed by atoms with Crippen molar-refractivity contribution in [3.63, 3.8) is 0 Å². The molecule has 2 aliphatic carbocycles. The number of fused-ring (bicyclic) bond motifs is 2. The first-order valence-electron chi connectivity index (χ1n) is 6.85. The van der Waals surface area contributed by atoms with Gasteiger partial charge in [-0.25, -0.2) is 0 Å². The molecule has 0 aliphatic heterocycles. The van der Waals surface area contributed by atoms with E-state index in [9.17, 15) is 9.59 Å². The molecule has 0 spiro atoms. The van der Waals surface area contributed by atoms with E-state index in [2.05, 4.69) is 5.32 Å². The molecule has 0 saturated heterocycles. The molecule has 100 valence electrons. The number of rotatable bonds is 3. The Morgan fingerprint density at radius 1 is 1.16 bits per heavy atom. The monoisotopic (exact) mass is 258 g/mol. The van der Waals surface area contributed by atoms with E-state index < -0.39 is 5.91 Å². The number of carbonyl (C=O) groups excluding carboxylic acids is 2. The summed E-state index contributed by atoms with van der Waals surface area (Å²) in [5.74, 6) is 0.905. The Morgan fingerprint density at radius 2 is 1.95 bits per heavy atom. The molecule has 0 aromatic heterocycles. The number of nitrogens with two attached hydrogens (primary N) is 1. The van der Waals surface area contributed by atoms with Crippen LogP contribution in [0.3, 0.4) is 0 Å². The van der Waals surface area contributed by atoms with Gasteiger partial charge in [-0.3, -0.25) is 9.59 Å². The van der Waals surface area contributed by atoms with Crippen LogP contribution in [-0.4, -0.2) is 11.8 Å². The molecule has 2 fully saturated rings. The van der Waals surface area contributed by atoms with E-state index in [1.165, 1.54) is 19.3 Å². The summed E-state index contributed by atoms with van der Waals surface area (Å²) in [7, 11) is 0. The lowest BCUT2D eigenvalue weighted by atomic mass is 9.88. The molecule has 0 radical (unpaired) electrons. The molecule has 3 rings (SSSR count). The van der Waals surface area contributed by atoms with Crippen LogP contribution in [0.1, 0.15) is 36.0 Å². The van der Waals surface area contributed by atoms with E-state index >= 15 is 0 Å². The zero-order valence-electron chi connectivity index (χ0n) is 10.8. The van der Waals surface area contributed by atoms with Crippen molar-refractivity contribution in [1.82, 2.24) is 0 Å². The first-order chi connectivity index (χ1) is 9.15. The number of amides is 2. The van der Waals surface area contributed by atoms with Gasteiger partial charge in [0.1, 0.15) is 0 Å². The second-order valence-electron chi connectivity index (χ2n) is 5.68. The van der Waals surface area contributed by atoms with Crippen LogP contribution in [0.5, 0.6) is 0 Å². The number of hydrogen-bond donors (Lipinski definition) is 2. The minimum Gasteiger partial charge on any atom is -0.366 e. The standard InChI is InChI=1S/C15H18N2O2/c16-14(18)11-3-1-2-4-13(11)17-15(19)12-8-9-5-6-10(12)7-9/h1-4,9-10,12H,5-8H2,(H2,16,18)(H,17,19)/t9-,10+,12+/m0/s1. The van der Waals surface area contributed by atoms with Crippen LogP contribution in [0.25, 0.3) is 0 Å². The van der Waals surface area contributed by atoms with Gasteiger partial charge in [-0.15, -0.1) is 0 Å². The van der Waals surface area contributed by atoms with E-state index in [1.54, 1.807) is 24.3 Å². The second kappa shape index (κ2) is 4.68. The zero-order valence-corrected chi connectivity index (χ0v) is 10.8. The van der Waals surface area contributed by atoms with Crippen molar-refractivity contribution in [2.24, 2.45) is 23.5 Å². The van der Waals surface area contributed by atoms with Crippen LogP contribution in [0.15, 0.2) is 24.3 Å². The summed E-state index contributed by atoms with van der Waals surface area (Å²) in [6.45, 7) is 0. The van der Waals surface area contributed by atoms with Gasteiger partial charge < -0.3 is 11.1 Å². The molecule has 1 aromatic carbocycles. The number of benzene rings is 1. The van der Waals surface area contributed by atoms with Gasteiger partial charge in [0, 0.05) is 5.92 Å². The van der Waals surface area contributed by atoms with Crippen molar-refractivity contribution < 1.29 is 9.59 Å². The first-order valence-corrected chi connectivity index (χ1v) is 6.85. The fourth-order valence-corrected chi connectivity index (χ4v) is 3.60. The summed E-state index contributed by atoms with van der Waals surface area (Å²) in [5, 5.41) is 2.88. The molecule has 19 heavy (non-hydrogen) atoms. The molecule has 0 heterocycles. The third kappa shape index (κ3) is 2.23. The Labute approximate surface area is 112 Å². The fraction of sp³-hybridized carbons (Fsp3) is 0.467. The topological polar surface area (TPSA) is 72.2 Å². The maximum atomic E-state index is 12.3. The van der Waals surface area contributed by atoms with Crippen LogP contribution in [-0.2, 0) is 4.79 Å². The van der Waals surface area contributed by atoms with Crippen LogP contribution >= 0.6 is 0 Å². The second-order valence-corrected chi connectivity index (χ2v) is 5.68. The van der Waals surface area contributed by atoms with E-state index in [-0.39, 0.29) is 11.8 Å². The highest BCUT2D eigenvalue weighted by Crippen LogP contribution is 2.48. The molecule has 2 saturated carbocycles. The average Bonchev–Trinajstić information content (AvgIpc) is 3.01. The van der Waals surface area contributed by atoms with Gasteiger partial charge in [-0.05, 0) is 43.2 Å². The number of primary amides is 1. The molecule has 4 nitrogen and oxygen atoms in total. The predicted molar refractivity (Wildman–Crippen MR) is 72.5 cm³/mol. The summed E-state index contributed by atoms with van der Waals surface area (Å²) >= 11 is 0. The van der Waals surface area contributed by atoms with Crippen LogP contribution < -0.4 is 11.1 Å². The van der Waals surface area contributed by atoms with Crippen LogP contribution in [0, 0.1) is 17.8 Å². The van der Waals surface area contributed by atoms with Crippen molar-refractivity contribution in [2.75, 3.05) is 5.32 Å². The van der Waals surface area contributed by atoms with Crippen molar-refractivity contribution in [1.29, 1.82) is 0 Å². The third-order valence-electron chi connectivity index (χ3n) is 4.53. The summed E-state index contributed by atoms with van der Waals surface area (Å²) in [6, 6.07) is 6.90. The molecule has 1 aromatic rings. The van der Waals surface area contributed by atoms with Gasteiger partial charge in [-0.2, -0.15) is 0 Å². The predicted octanol–water partition coefficient (Wildman–Crippen LogP) is 2.16. The summed E-state index contributed by atoms with van der Waals surface area (Å²) in [4.78, 5) is 23.6. The minimum atomic E-state index is -0.510. The Bertz CT molecular complexity index is 527. The first kappa shape index (κ1) is 12.2. The number of anilines is 1. The smallest absolute Gasteiger partial charge is 0.250 e. The quantitative estimate of drug-likeness (QED) is 0.872. The normalized spacial score (nSPS) is 28.3.